The summed E-state index contributed by atoms with van der Waals surface area (Å²) in [5.41, 5.74) is 1.28. The van der Waals surface area contributed by atoms with Crippen LogP contribution in [0.1, 0.15) is 37.2 Å². The molecular weight excluding hydrogens is 228 g/mol. The Labute approximate surface area is 107 Å². The summed E-state index contributed by atoms with van der Waals surface area (Å²) in [4.78, 5) is 11.7. The number of ether oxygens (including phenoxy) is 2. The molecule has 3 rings (SSSR count). The molecule has 1 aliphatic heterocycles. The van der Waals surface area contributed by atoms with Crippen LogP contribution in [0.3, 0.4) is 0 Å². The van der Waals surface area contributed by atoms with Crippen LogP contribution in [0.5, 0.6) is 0 Å². The SMILES string of the molecule is O=C(O[C@@H]1CCCC[C@H]1c1ccccc1)C1CO1. The van der Waals surface area contributed by atoms with E-state index in [1.807, 2.05) is 18.2 Å². The van der Waals surface area contributed by atoms with E-state index in [9.17, 15) is 4.79 Å². The maximum Gasteiger partial charge on any atom is 0.337 e. The maximum absolute atomic E-state index is 11.7. The molecule has 0 spiro atoms. The lowest BCUT2D eigenvalue weighted by Gasteiger charge is -2.31. The average molecular weight is 246 g/mol. The van der Waals surface area contributed by atoms with Gasteiger partial charge in [-0.1, -0.05) is 36.8 Å². The number of hydrogen-bond acceptors (Lipinski definition) is 3. The van der Waals surface area contributed by atoms with Gasteiger partial charge in [-0.3, -0.25) is 0 Å². The Balaban J connectivity index is 1.71. The summed E-state index contributed by atoms with van der Waals surface area (Å²) >= 11 is 0. The van der Waals surface area contributed by atoms with Gasteiger partial charge in [-0.05, 0) is 24.8 Å². The molecule has 1 unspecified atom stereocenters. The second-order valence-electron chi connectivity index (χ2n) is 5.10. The molecular formula is C15H18O3. The molecule has 1 heterocycles. The molecule has 1 saturated carbocycles. The molecule has 1 saturated heterocycles. The number of esters is 1. The van der Waals surface area contributed by atoms with Crippen molar-refractivity contribution in [2.24, 2.45) is 0 Å². The first-order chi connectivity index (χ1) is 8.84. The number of hydrogen-bond donors (Lipinski definition) is 0. The van der Waals surface area contributed by atoms with E-state index in [0.29, 0.717) is 12.5 Å². The molecule has 3 atom stereocenters. The largest absolute Gasteiger partial charge is 0.460 e. The molecule has 18 heavy (non-hydrogen) atoms. The topological polar surface area (TPSA) is 38.8 Å². The van der Waals surface area contributed by atoms with E-state index >= 15 is 0 Å². The summed E-state index contributed by atoms with van der Waals surface area (Å²) in [5.74, 6) is 0.172. The highest BCUT2D eigenvalue weighted by Gasteiger charge is 2.37. The van der Waals surface area contributed by atoms with Crippen LogP contribution in [0.4, 0.5) is 0 Å². The number of epoxide rings is 1. The molecule has 0 amide bonds. The van der Waals surface area contributed by atoms with E-state index in [2.05, 4.69) is 12.1 Å². The fourth-order valence-electron chi connectivity index (χ4n) is 2.73. The maximum atomic E-state index is 11.7. The van der Waals surface area contributed by atoms with Gasteiger partial charge in [0.1, 0.15) is 6.10 Å². The highest BCUT2D eigenvalue weighted by atomic mass is 16.6. The third-order valence-electron chi connectivity index (χ3n) is 3.79. The minimum absolute atomic E-state index is 0.0258. The normalized spacial score (nSPS) is 30.8. The Kier molecular flexibility index (Phi) is 3.33. The quantitative estimate of drug-likeness (QED) is 0.608. The number of benzene rings is 1. The van der Waals surface area contributed by atoms with Crippen LogP contribution in [0.25, 0.3) is 0 Å². The van der Waals surface area contributed by atoms with Crippen molar-refractivity contribution in [3.8, 4) is 0 Å². The van der Waals surface area contributed by atoms with E-state index in [4.69, 9.17) is 9.47 Å². The predicted molar refractivity (Wildman–Crippen MR) is 67.3 cm³/mol. The van der Waals surface area contributed by atoms with Gasteiger partial charge in [0, 0.05) is 5.92 Å². The van der Waals surface area contributed by atoms with Crippen molar-refractivity contribution in [2.45, 2.75) is 43.8 Å². The second-order valence-corrected chi connectivity index (χ2v) is 5.10. The van der Waals surface area contributed by atoms with Crippen molar-refractivity contribution < 1.29 is 14.3 Å². The first-order valence-corrected chi connectivity index (χ1v) is 6.71. The van der Waals surface area contributed by atoms with E-state index in [-0.39, 0.29) is 18.2 Å². The van der Waals surface area contributed by atoms with Crippen LogP contribution in [-0.4, -0.2) is 24.8 Å². The zero-order valence-electron chi connectivity index (χ0n) is 10.4. The van der Waals surface area contributed by atoms with Crippen molar-refractivity contribution in [2.75, 3.05) is 6.61 Å². The van der Waals surface area contributed by atoms with Gasteiger partial charge in [0.05, 0.1) is 6.61 Å². The van der Waals surface area contributed by atoms with Crippen LogP contribution in [0.2, 0.25) is 0 Å². The summed E-state index contributed by atoms with van der Waals surface area (Å²) in [6, 6.07) is 10.4. The number of carbonyl (C=O) groups excluding carboxylic acids is 1. The van der Waals surface area contributed by atoms with Gasteiger partial charge in [-0.25, -0.2) is 4.79 Å². The summed E-state index contributed by atoms with van der Waals surface area (Å²) in [5, 5.41) is 0. The molecule has 0 aromatic heterocycles. The standard InChI is InChI=1S/C15H18O3/c16-15(14-10-17-14)18-13-9-5-4-8-12(13)11-6-2-1-3-7-11/h1-3,6-7,12-14H,4-5,8-10H2/t12-,13+,14?/m0/s1. The average Bonchev–Trinajstić information content (AvgIpc) is 3.25. The van der Waals surface area contributed by atoms with Crippen molar-refractivity contribution in [3.05, 3.63) is 35.9 Å². The molecule has 2 fully saturated rings. The molecule has 96 valence electrons. The Hall–Kier alpha value is -1.35. The second kappa shape index (κ2) is 5.11. The molecule has 0 bridgehead atoms. The zero-order chi connectivity index (χ0) is 12.4. The lowest BCUT2D eigenvalue weighted by atomic mass is 9.81. The molecule has 3 nitrogen and oxygen atoms in total. The molecule has 1 aliphatic carbocycles. The van der Waals surface area contributed by atoms with Crippen LogP contribution < -0.4 is 0 Å². The Morgan fingerprint density at radius 2 is 1.89 bits per heavy atom. The number of rotatable bonds is 3. The summed E-state index contributed by atoms with van der Waals surface area (Å²) in [7, 11) is 0. The van der Waals surface area contributed by atoms with Gasteiger partial charge in [0.2, 0.25) is 0 Å². The van der Waals surface area contributed by atoms with Gasteiger partial charge in [-0.15, -0.1) is 0 Å². The third-order valence-corrected chi connectivity index (χ3v) is 3.79. The zero-order valence-corrected chi connectivity index (χ0v) is 10.4. The highest BCUT2D eigenvalue weighted by Crippen LogP contribution is 2.35. The van der Waals surface area contributed by atoms with Gasteiger partial charge in [-0.2, -0.15) is 0 Å². The summed E-state index contributed by atoms with van der Waals surface area (Å²) in [6.07, 6.45) is 4.17. The van der Waals surface area contributed by atoms with Gasteiger partial charge >= 0.3 is 5.97 Å². The van der Waals surface area contributed by atoms with Gasteiger partial charge < -0.3 is 9.47 Å². The fourth-order valence-corrected chi connectivity index (χ4v) is 2.73. The van der Waals surface area contributed by atoms with Gasteiger partial charge in [0.25, 0.3) is 0 Å². The van der Waals surface area contributed by atoms with E-state index in [0.717, 1.165) is 19.3 Å². The Bertz CT molecular complexity index is 411. The molecule has 1 aromatic carbocycles. The molecule has 0 N–H and O–H groups in total. The summed E-state index contributed by atoms with van der Waals surface area (Å²) in [6.45, 7) is 0.529. The Morgan fingerprint density at radius 1 is 1.17 bits per heavy atom. The van der Waals surface area contributed by atoms with Crippen molar-refractivity contribution in [3.63, 3.8) is 0 Å². The first-order valence-electron chi connectivity index (χ1n) is 6.71. The van der Waals surface area contributed by atoms with Crippen LogP contribution in [-0.2, 0) is 14.3 Å². The smallest absolute Gasteiger partial charge is 0.337 e. The van der Waals surface area contributed by atoms with Crippen molar-refractivity contribution in [1.29, 1.82) is 0 Å². The first kappa shape index (κ1) is 11.7. The van der Waals surface area contributed by atoms with E-state index < -0.39 is 0 Å². The predicted octanol–water partition coefficient (Wildman–Crippen LogP) is 2.65. The highest BCUT2D eigenvalue weighted by molar-refractivity contribution is 5.77. The monoisotopic (exact) mass is 246 g/mol. The minimum atomic E-state index is -0.289. The lowest BCUT2D eigenvalue weighted by molar-refractivity contribution is -0.153. The fraction of sp³-hybridized carbons (Fsp3) is 0.533. The van der Waals surface area contributed by atoms with Gasteiger partial charge in [0.15, 0.2) is 6.10 Å². The molecule has 3 heteroatoms. The van der Waals surface area contributed by atoms with E-state index in [1.165, 1.54) is 12.0 Å². The van der Waals surface area contributed by atoms with E-state index in [1.54, 1.807) is 0 Å². The van der Waals surface area contributed by atoms with Crippen molar-refractivity contribution >= 4 is 5.97 Å². The van der Waals surface area contributed by atoms with Crippen LogP contribution in [0.15, 0.2) is 30.3 Å². The molecule has 0 radical (unpaired) electrons. The van der Waals surface area contributed by atoms with Crippen LogP contribution >= 0.6 is 0 Å². The lowest BCUT2D eigenvalue weighted by Crippen LogP contribution is -2.30. The third kappa shape index (κ3) is 2.56. The Morgan fingerprint density at radius 3 is 2.61 bits per heavy atom. The van der Waals surface area contributed by atoms with Crippen molar-refractivity contribution in [1.82, 2.24) is 0 Å². The minimum Gasteiger partial charge on any atom is -0.460 e. The number of carbonyl (C=O) groups is 1. The summed E-state index contributed by atoms with van der Waals surface area (Å²) < 4.78 is 10.6. The molecule has 1 aromatic rings. The van der Waals surface area contributed by atoms with Crippen LogP contribution in [0, 0.1) is 0 Å². The molecule has 2 aliphatic rings.